The fourth-order valence-corrected chi connectivity index (χ4v) is 2.16. The molecule has 1 amide bonds. The van der Waals surface area contributed by atoms with Crippen molar-refractivity contribution in [2.24, 2.45) is 0 Å². The summed E-state index contributed by atoms with van der Waals surface area (Å²) in [6, 6.07) is 3.62. The van der Waals surface area contributed by atoms with Crippen molar-refractivity contribution < 1.29 is 28.5 Å². The van der Waals surface area contributed by atoms with E-state index >= 15 is 0 Å². The van der Waals surface area contributed by atoms with Gasteiger partial charge in [0.25, 0.3) is 5.91 Å². The molecule has 1 atom stereocenters. The van der Waals surface area contributed by atoms with E-state index in [0.717, 1.165) is 12.0 Å². The van der Waals surface area contributed by atoms with Gasteiger partial charge in [0.05, 0.1) is 21.3 Å². The molecular formula is C18H27NO6. The first kappa shape index (κ1) is 20.6. The average Bonchev–Trinajstić information content (AvgIpc) is 2.63. The number of aryl methyl sites for hydroxylation is 1. The molecule has 0 radical (unpaired) electrons. The zero-order valence-electron chi connectivity index (χ0n) is 15.5. The van der Waals surface area contributed by atoms with Crippen LogP contribution < -0.4 is 19.5 Å². The van der Waals surface area contributed by atoms with Gasteiger partial charge in [0.2, 0.25) is 5.75 Å². The molecule has 0 aliphatic heterocycles. The topological polar surface area (TPSA) is 83.1 Å². The molecule has 7 nitrogen and oxygen atoms in total. The first-order chi connectivity index (χ1) is 11.9. The Morgan fingerprint density at radius 2 is 1.68 bits per heavy atom. The lowest BCUT2D eigenvalue weighted by molar-refractivity contribution is -0.148. The Hall–Kier alpha value is -2.44. The molecule has 1 aromatic rings. The van der Waals surface area contributed by atoms with Crippen LogP contribution in [-0.2, 0) is 20.7 Å². The minimum absolute atomic E-state index is 0.0606. The van der Waals surface area contributed by atoms with Crippen molar-refractivity contribution in [1.29, 1.82) is 0 Å². The van der Waals surface area contributed by atoms with Crippen molar-refractivity contribution in [2.75, 3.05) is 27.9 Å². The number of carbonyl (C=O) groups excluding carboxylic acids is 2. The van der Waals surface area contributed by atoms with Crippen molar-refractivity contribution >= 4 is 11.9 Å². The van der Waals surface area contributed by atoms with Gasteiger partial charge in [0, 0.05) is 12.5 Å². The molecular weight excluding hydrogens is 326 g/mol. The van der Waals surface area contributed by atoms with Crippen LogP contribution in [0.5, 0.6) is 17.2 Å². The number of ether oxygens (including phenoxy) is 4. The minimum Gasteiger partial charge on any atom is -0.493 e. The predicted octanol–water partition coefficient (Wildman–Crippen LogP) is 2.10. The van der Waals surface area contributed by atoms with Crippen LogP contribution in [0.3, 0.4) is 0 Å². The highest BCUT2D eigenvalue weighted by molar-refractivity contribution is 5.80. The van der Waals surface area contributed by atoms with Crippen molar-refractivity contribution in [3.63, 3.8) is 0 Å². The average molecular weight is 353 g/mol. The predicted molar refractivity (Wildman–Crippen MR) is 93.3 cm³/mol. The van der Waals surface area contributed by atoms with Crippen LogP contribution in [0, 0.1) is 0 Å². The van der Waals surface area contributed by atoms with Crippen molar-refractivity contribution in [3.8, 4) is 17.2 Å². The molecule has 0 unspecified atom stereocenters. The summed E-state index contributed by atoms with van der Waals surface area (Å²) in [5.41, 5.74) is 0.843. The van der Waals surface area contributed by atoms with Gasteiger partial charge < -0.3 is 24.3 Å². The van der Waals surface area contributed by atoms with E-state index in [4.69, 9.17) is 18.9 Å². The Bertz CT molecular complexity index is 562. The smallest absolute Gasteiger partial charge is 0.306 e. The maximum Gasteiger partial charge on any atom is 0.306 e. The van der Waals surface area contributed by atoms with E-state index in [2.05, 4.69) is 5.32 Å². The molecule has 0 aliphatic rings. The fourth-order valence-electron chi connectivity index (χ4n) is 2.16. The third-order valence-corrected chi connectivity index (χ3v) is 3.73. The number of amides is 1. The van der Waals surface area contributed by atoms with Crippen LogP contribution >= 0.6 is 0 Å². The minimum atomic E-state index is -0.437. The van der Waals surface area contributed by atoms with Gasteiger partial charge in [-0.2, -0.15) is 0 Å². The first-order valence-corrected chi connectivity index (χ1v) is 8.18. The highest BCUT2D eigenvalue weighted by Gasteiger charge is 2.15. The fraction of sp³-hybridized carbons (Fsp3) is 0.556. The normalized spacial score (nSPS) is 11.4. The van der Waals surface area contributed by atoms with E-state index < -0.39 is 5.97 Å². The van der Waals surface area contributed by atoms with Gasteiger partial charge in [-0.15, -0.1) is 0 Å². The Morgan fingerprint density at radius 3 is 2.16 bits per heavy atom. The second kappa shape index (κ2) is 10.4. The zero-order valence-corrected chi connectivity index (χ0v) is 15.5. The standard InChI is InChI=1S/C18H27NO6/c1-6-12(2)19-16(20)11-25-17(21)8-7-13-9-14(22-3)18(24-5)15(10-13)23-4/h9-10,12H,6-8,11H2,1-5H3,(H,19,20)/t12-/m1/s1. The van der Waals surface area contributed by atoms with Crippen molar-refractivity contribution in [3.05, 3.63) is 17.7 Å². The SMILES string of the molecule is CC[C@@H](C)NC(=O)COC(=O)CCc1cc(OC)c(OC)c(OC)c1. The van der Waals surface area contributed by atoms with Gasteiger partial charge in [-0.05, 0) is 37.5 Å². The zero-order chi connectivity index (χ0) is 18.8. The number of hydrogen-bond donors (Lipinski definition) is 1. The van der Waals surface area contributed by atoms with Crippen LogP contribution in [0.4, 0.5) is 0 Å². The quantitative estimate of drug-likeness (QED) is 0.649. The van der Waals surface area contributed by atoms with E-state index in [9.17, 15) is 9.59 Å². The van der Waals surface area contributed by atoms with Crippen molar-refractivity contribution in [2.45, 2.75) is 39.2 Å². The summed E-state index contributed by atoms with van der Waals surface area (Å²) < 4.78 is 20.8. The molecule has 0 saturated carbocycles. The monoisotopic (exact) mass is 353 g/mol. The van der Waals surface area contributed by atoms with Crippen molar-refractivity contribution in [1.82, 2.24) is 5.32 Å². The number of methoxy groups -OCH3 is 3. The summed E-state index contributed by atoms with van der Waals surface area (Å²) in [6.45, 7) is 3.59. The Kier molecular flexibility index (Phi) is 8.60. The highest BCUT2D eigenvalue weighted by atomic mass is 16.5. The molecule has 0 aliphatic carbocycles. The molecule has 0 bridgehead atoms. The summed E-state index contributed by atoms with van der Waals surface area (Å²) >= 11 is 0. The molecule has 25 heavy (non-hydrogen) atoms. The summed E-state index contributed by atoms with van der Waals surface area (Å²) in [4.78, 5) is 23.4. The summed E-state index contributed by atoms with van der Waals surface area (Å²) in [6.07, 6.45) is 1.40. The third-order valence-electron chi connectivity index (χ3n) is 3.73. The molecule has 1 N–H and O–H groups in total. The maximum atomic E-state index is 11.8. The van der Waals surface area contributed by atoms with E-state index in [-0.39, 0.29) is 25.0 Å². The Balaban J connectivity index is 2.57. The number of carbonyl (C=O) groups is 2. The van der Waals surface area contributed by atoms with Gasteiger partial charge in [0.15, 0.2) is 18.1 Å². The second-order valence-corrected chi connectivity index (χ2v) is 5.57. The summed E-state index contributed by atoms with van der Waals surface area (Å²) in [5, 5.41) is 2.74. The van der Waals surface area contributed by atoms with Gasteiger partial charge in [-0.1, -0.05) is 6.92 Å². The Labute approximate surface area is 148 Å². The number of hydrogen-bond acceptors (Lipinski definition) is 6. The van der Waals surface area contributed by atoms with Gasteiger partial charge in [-0.25, -0.2) is 0 Å². The van der Waals surface area contributed by atoms with Crippen LogP contribution in [0.2, 0.25) is 0 Å². The number of benzene rings is 1. The van der Waals surface area contributed by atoms with E-state index in [1.165, 1.54) is 21.3 Å². The van der Waals surface area contributed by atoms with Crippen LogP contribution in [0.25, 0.3) is 0 Å². The van der Waals surface area contributed by atoms with Crippen LogP contribution in [0.15, 0.2) is 12.1 Å². The second-order valence-electron chi connectivity index (χ2n) is 5.57. The molecule has 0 heterocycles. The molecule has 0 aromatic heterocycles. The highest BCUT2D eigenvalue weighted by Crippen LogP contribution is 2.38. The molecule has 1 aromatic carbocycles. The number of nitrogens with one attached hydrogen (secondary N) is 1. The molecule has 7 heteroatoms. The Morgan fingerprint density at radius 1 is 1.08 bits per heavy atom. The summed E-state index contributed by atoms with van der Waals surface area (Å²) in [5.74, 6) is 0.817. The lowest BCUT2D eigenvalue weighted by Crippen LogP contribution is -2.35. The summed E-state index contributed by atoms with van der Waals surface area (Å²) in [7, 11) is 4.60. The van der Waals surface area contributed by atoms with Crippen LogP contribution in [-0.4, -0.2) is 45.9 Å². The molecule has 0 spiro atoms. The first-order valence-electron chi connectivity index (χ1n) is 8.18. The van der Waals surface area contributed by atoms with Gasteiger partial charge in [0.1, 0.15) is 0 Å². The molecule has 0 fully saturated rings. The van der Waals surface area contributed by atoms with Gasteiger partial charge in [-0.3, -0.25) is 9.59 Å². The molecule has 1 rings (SSSR count). The van der Waals surface area contributed by atoms with E-state index in [1.807, 2.05) is 13.8 Å². The number of esters is 1. The lowest BCUT2D eigenvalue weighted by Gasteiger charge is -2.14. The largest absolute Gasteiger partial charge is 0.493 e. The van der Waals surface area contributed by atoms with Gasteiger partial charge >= 0.3 is 5.97 Å². The number of rotatable bonds is 10. The molecule has 140 valence electrons. The van der Waals surface area contributed by atoms with Crippen LogP contribution in [0.1, 0.15) is 32.3 Å². The maximum absolute atomic E-state index is 11.8. The lowest BCUT2D eigenvalue weighted by atomic mass is 10.1. The third kappa shape index (κ3) is 6.52. The molecule has 0 saturated heterocycles. The van der Waals surface area contributed by atoms with E-state index in [1.54, 1.807) is 12.1 Å². The van der Waals surface area contributed by atoms with E-state index in [0.29, 0.717) is 23.7 Å².